The molecule has 1 aromatic rings. The Bertz CT molecular complexity index is 464. The van der Waals surface area contributed by atoms with Gasteiger partial charge in [0, 0.05) is 6.42 Å². The van der Waals surface area contributed by atoms with Gasteiger partial charge in [0.1, 0.15) is 0 Å². The van der Waals surface area contributed by atoms with E-state index in [-0.39, 0.29) is 12.6 Å². The third-order valence-corrected chi connectivity index (χ3v) is 2.30. The first kappa shape index (κ1) is 10.4. The normalized spacial score (nSPS) is 12.0. The lowest BCUT2D eigenvalue weighted by molar-refractivity contribution is -0.116. The van der Waals surface area contributed by atoms with Gasteiger partial charge in [0.2, 0.25) is 12.6 Å². The van der Waals surface area contributed by atoms with Crippen LogP contribution in [0.4, 0.5) is 0 Å². The zero-order valence-corrected chi connectivity index (χ0v) is 8.55. The molecule has 0 saturated carbocycles. The average Bonchev–Trinajstić information content (AvgIpc) is 2.74. The highest BCUT2D eigenvalue weighted by atomic mass is 16.7. The highest BCUT2D eigenvalue weighted by Crippen LogP contribution is 2.32. The molecule has 1 aromatic carbocycles. The van der Waals surface area contributed by atoms with Crippen molar-refractivity contribution in [1.82, 2.24) is 0 Å². The quantitative estimate of drug-likeness (QED) is 0.433. The van der Waals surface area contributed by atoms with Crippen LogP contribution in [-0.4, -0.2) is 23.6 Å². The number of aryl methyl sites for hydroxylation is 1. The van der Waals surface area contributed by atoms with Gasteiger partial charge in [-0.3, -0.25) is 4.79 Å². The van der Waals surface area contributed by atoms with E-state index in [9.17, 15) is 4.79 Å². The number of carbonyl (C=O) groups excluding carboxylic acids is 1. The lowest BCUT2D eigenvalue weighted by Gasteiger charge is -2.00. The number of carbonyl (C=O) groups is 1. The zero-order valence-electron chi connectivity index (χ0n) is 8.55. The van der Waals surface area contributed by atoms with Crippen LogP contribution in [-0.2, 0) is 11.2 Å². The number of rotatable bonds is 4. The average molecular weight is 218 g/mol. The summed E-state index contributed by atoms with van der Waals surface area (Å²) >= 11 is 0. The predicted molar refractivity (Wildman–Crippen MR) is 55.6 cm³/mol. The molecule has 0 unspecified atom stereocenters. The van der Waals surface area contributed by atoms with E-state index in [0.29, 0.717) is 18.6 Å². The Kier molecular flexibility index (Phi) is 2.98. The third-order valence-electron chi connectivity index (χ3n) is 2.30. The lowest BCUT2D eigenvalue weighted by atomic mass is 10.1. The fourth-order valence-corrected chi connectivity index (χ4v) is 1.49. The smallest absolute Gasteiger partial charge is 0.323 e. The second-order valence-corrected chi connectivity index (χ2v) is 3.40. The van der Waals surface area contributed by atoms with E-state index in [1.54, 1.807) is 0 Å². The van der Waals surface area contributed by atoms with Crippen LogP contribution in [0.5, 0.6) is 11.5 Å². The van der Waals surface area contributed by atoms with Gasteiger partial charge in [0.25, 0.3) is 0 Å². The molecule has 0 spiro atoms. The van der Waals surface area contributed by atoms with Crippen LogP contribution in [0.3, 0.4) is 0 Å². The Balaban J connectivity index is 2.00. The Morgan fingerprint density at radius 3 is 3.06 bits per heavy atom. The SMILES string of the molecule is [N-]=[N+]=CC(=O)CCc1ccc2c(c1)OCO2. The van der Waals surface area contributed by atoms with E-state index >= 15 is 0 Å². The van der Waals surface area contributed by atoms with Crippen molar-refractivity contribution in [1.29, 1.82) is 0 Å². The molecule has 82 valence electrons. The van der Waals surface area contributed by atoms with Crippen molar-refractivity contribution in [3.63, 3.8) is 0 Å². The summed E-state index contributed by atoms with van der Waals surface area (Å²) in [6.07, 6.45) is 1.80. The minimum absolute atomic E-state index is 0.208. The van der Waals surface area contributed by atoms with Gasteiger partial charge in [-0.25, -0.2) is 0 Å². The maximum absolute atomic E-state index is 11.1. The van der Waals surface area contributed by atoms with Crippen LogP contribution in [0, 0.1) is 0 Å². The molecule has 2 rings (SSSR count). The van der Waals surface area contributed by atoms with E-state index in [1.165, 1.54) is 0 Å². The zero-order chi connectivity index (χ0) is 11.4. The fourth-order valence-electron chi connectivity index (χ4n) is 1.49. The largest absolute Gasteiger partial charge is 0.454 e. The molecule has 1 heterocycles. The molecule has 5 nitrogen and oxygen atoms in total. The Labute approximate surface area is 92.2 Å². The van der Waals surface area contributed by atoms with Gasteiger partial charge < -0.3 is 15.0 Å². The van der Waals surface area contributed by atoms with E-state index < -0.39 is 0 Å². The van der Waals surface area contributed by atoms with Gasteiger partial charge in [-0.05, 0) is 24.1 Å². The van der Waals surface area contributed by atoms with E-state index in [1.807, 2.05) is 18.2 Å². The van der Waals surface area contributed by atoms with Crippen molar-refractivity contribution in [3.8, 4) is 11.5 Å². The van der Waals surface area contributed by atoms with E-state index in [0.717, 1.165) is 17.5 Å². The first-order chi connectivity index (χ1) is 7.79. The minimum Gasteiger partial charge on any atom is -0.454 e. The van der Waals surface area contributed by atoms with Crippen LogP contribution in [0.15, 0.2) is 18.2 Å². The van der Waals surface area contributed by atoms with Gasteiger partial charge >= 0.3 is 6.21 Å². The monoisotopic (exact) mass is 218 g/mol. The van der Waals surface area contributed by atoms with Crippen molar-refractivity contribution in [3.05, 3.63) is 29.3 Å². The predicted octanol–water partition coefficient (Wildman–Crippen LogP) is 1.22. The first-order valence-electron chi connectivity index (χ1n) is 4.88. The standard InChI is InChI=1S/C11H10N2O3/c12-13-6-9(14)3-1-8-2-4-10-11(5-8)16-7-15-10/h2,4-6H,1,3,7H2. The Morgan fingerprint density at radius 1 is 1.44 bits per heavy atom. The molecule has 1 aliphatic heterocycles. The lowest BCUT2D eigenvalue weighted by Crippen LogP contribution is -2.01. The van der Waals surface area contributed by atoms with Crippen LogP contribution < -0.4 is 9.47 Å². The molecule has 16 heavy (non-hydrogen) atoms. The fraction of sp³-hybridized carbons (Fsp3) is 0.273. The summed E-state index contributed by atoms with van der Waals surface area (Å²) in [5, 5.41) is 0. The maximum Gasteiger partial charge on any atom is 0.323 e. The molecule has 0 radical (unpaired) electrons. The molecule has 0 fully saturated rings. The maximum atomic E-state index is 11.1. The summed E-state index contributed by atoms with van der Waals surface area (Å²) in [4.78, 5) is 13.8. The number of hydrogen-bond donors (Lipinski definition) is 0. The van der Waals surface area contributed by atoms with Crippen molar-refractivity contribution in [2.75, 3.05) is 6.79 Å². The van der Waals surface area contributed by atoms with Crippen molar-refractivity contribution in [2.24, 2.45) is 0 Å². The molecule has 0 amide bonds. The van der Waals surface area contributed by atoms with Crippen LogP contribution >= 0.6 is 0 Å². The number of benzene rings is 1. The first-order valence-corrected chi connectivity index (χ1v) is 4.88. The molecule has 5 heteroatoms. The van der Waals surface area contributed by atoms with Gasteiger partial charge in [0.15, 0.2) is 11.5 Å². The number of ketones is 1. The number of Topliss-reactive ketones (excluding diaryl/α,β-unsaturated/α-hetero) is 1. The van der Waals surface area contributed by atoms with Gasteiger partial charge in [0.05, 0.1) is 0 Å². The molecule has 0 atom stereocenters. The molecule has 0 aliphatic carbocycles. The number of fused-ring (bicyclic) bond motifs is 1. The summed E-state index contributed by atoms with van der Waals surface area (Å²) < 4.78 is 10.4. The summed E-state index contributed by atoms with van der Waals surface area (Å²) in [5.41, 5.74) is 9.16. The van der Waals surface area contributed by atoms with Crippen LogP contribution in [0.2, 0.25) is 0 Å². The number of nitrogens with zero attached hydrogens (tertiary/aromatic N) is 2. The minimum atomic E-state index is -0.208. The topological polar surface area (TPSA) is 71.9 Å². The molecule has 0 N–H and O–H groups in total. The summed E-state index contributed by atoms with van der Waals surface area (Å²) in [6, 6.07) is 5.56. The number of hydrogen-bond acceptors (Lipinski definition) is 3. The van der Waals surface area contributed by atoms with E-state index in [4.69, 9.17) is 15.0 Å². The molecular weight excluding hydrogens is 208 g/mol. The van der Waals surface area contributed by atoms with Gasteiger partial charge in [-0.1, -0.05) is 6.07 Å². The molecule has 0 saturated heterocycles. The summed E-state index contributed by atoms with van der Waals surface area (Å²) in [5.74, 6) is 1.23. The molecule has 1 aliphatic rings. The highest BCUT2D eigenvalue weighted by molar-refractivity contribution is 6.25. The van der Waals surface area contributed by atoms with Gasteiger partial charge in [-0.2, -0.15) is 4.79 Å². The number of ether oxygens (including phenoxy) is 2. The molecule has 0 bridgehead atoms. The molecular formula is C11H10N2O3. The van der Waals surface area contributed by atoms with Crippen molar-refractivity contribution < 1.29 is 19.1 Å². The van der Waals surface area contributed by atoms with Gasteiger partial charge in [-0.15, -0.1) is 0 Å². The highest BCUT2D eigenvalue weighted by Gasteiger charge is 2.13. The summed E-state index contributed by atoms with van der Waals surface area (Å²) in [6.45, 7) is 0.245. The summed E-state index contributed by atoms with van der Waals surface area (Å²) in [7, 11) is 0. The second kappa shape index (κ2) is 4.59. The van der Waals surface area contributed by atoms with Crippen LogP contribution in [0.1, 0.15) is 12.0 Å². The van der Waals surface area contributed by atoms with Crippen molar-refractivity contribution >= 4 is 12.0 Å². The Morgan fingerprint density at radius 2 is 2.25 bits per heavy atom. The third kappa shape index (κ3) is 2.27. The van der Waals surface area contributed by atoms with E-state index in [2.05, 4.69) is 4.79 Å². The van der Waals surface area contributed by atoms with Crippen LogP contribution in [0.25, 0.3) is 5.53 Å². The second-order valence-electron chi connectivity index (χ2n) is 3.40. The molecule has 0 aromatic heterocycles. The Hall–Kier alpha value is -2.13. The van der Waals surface area contributed by atoms with Crippen molar-refractivity contribution in [2.45, 2.75) is 12.8 Å².